The summed E-state index contributed by atoms with van der Waals surface area (Å²) in [7, 11) is 0. The molecule has 1 aromatic heterocycles. The third-order valence-corrected chi connectivity index (χ3v) is 3.24. The molecule has 0 bridgehead atoms. The monoisotopic (exact) mass is 314 g/mol. The van der Waals surface area contributed by atoms with Crippen LogP contribution in [-0.4, -0.2) is 50.5 Å². The van der Waals surface area contributed by atoms with Gasteiger partial charge in [-0.05, 0) is 19.1 Å². The van der Waals surface area contributed by atoms with Crippen LogP contribution in [0.1, 0.15) is 18.7 Å². The van der Waals surface area contributed by atoms with Crippen LogP contribution >= 0.6 is 0 Å². The highest BCUT2D eigenvalue weighted by atomic mass is 19.1. The lowest BCUT2D eigenvalue weighted by Crippen LogP contribution is -2.36. The van der Waals surface area contributed by atoms with Crippen LogP contribution in [0, 0.1) is 0 Å². The van der Waals surface area contributed by atoms with Crippen LogP contribution in [0.15, 0.2) is 21.9 Å². The fraction of sp³-hybridized carbons (Fsp3) is 0.462. The molecule has 1 fully saturated rings. The van der Waals surface area contributed by atoms with Crippen LogP contribution in [-0.2, 0) is 9.53 Å². The summed E-state index contributed by atoms with van der Waals surface area (Å²) in [6.07, 6.45) is -2.87. The number of halogens is 1. The van der Waals surface area contributed by atoms with Gasteiger partial charge in [-0.3, -0.25) is 19.1 Å². The van der Waals surface area contributed by atoms with E-state index in [1.807, 2.05) is 4.98 Å². The van der Waals surface area contributed by atoms with Gasteiger partial charge >= 0.3 is 5.69 Å². The van der Waals surface area contributed by atoms with Gasteiger partial charge in [-0.2, -0.15) is 0 Å². The summed E-state index contributed by atoms with van der Waals surface area (Å²) < 4.78 is 19.9. The number of aromatic amines is 1. The van der Waals surface area contributed by atoms with Crippen molar-refractivity contribution in [3.8, 4) is 0 Å². The van der Waals surface area contributed by atoms with Gasteiger partial charge in [0.15, 0.2) is 18.2 Å². The van der Waals surface area contributed by atoms with E-state index in [2.05, 4.69) is 0 Å². The molecule has 2 rings (SSSR count). The number of allylic oxidation sites excluding steroid dienone is 1. The standard InChI is InChI=1S/C13H15FN2O6/c1-6(18)2-3-7-4-16(13(21)15-11(7)20)12-9(14)10(19)8(5-17)22-12/h2-4,8-10,12,17,19H,5H2,1H3,(H,15,20,21)/b3-2-/t8-,9+,10?,12-/m1/s1. The fourth-order valence-corrected chi connectivity index (χ4v) is 2.09. The smallest absolute Gasteiger partial charge is 0.330 e. The van der Waals surface area contributed by atoms with Crippen molar-refractivity contribution in [1.29, 1.82) is 0 Å². The van der Waals surface area contributed by atoms with Crippen molar-refractivity contribution >= 4 is 11.9 Å². The minimum atomic E-state index is -1.95. The number of aromatic nitrogens is 2. The van der Waals surface area contributed by atoms with Gasteiger partial charge in [0.05, 0.1) is 12.2 Å². The van der Waals surface area contributed by atoms with Crippen LogP contribution in [0.4, 0.5) is 4.39 Å². The van der Waals surface area contributed by atoms with Crippen LogP contribution in [0.3, 0.4) is 0 Å². The number of H-pyrrole nitrogens is 1. The van der Waals surface area contributed by atoms with E-state index in [0.717, 1.165) is 16.8 Å². The van der Waals surface area contributed by atoms with E-state index in [-0.39, 0.29) is 11.3 Å². The molecule has 4 atom stereocenters. The van der Waals surface area contributed by atoms with E-state index in [0.29, 0.717) is 0 Å². The summed E-state index contributed by atoms with van der Waals surface area (Å²) in [5.74, 6) is -0.312. The number of alkyl halides is 1. The number of ketones is 1. The van der Waals surface area contributed by atoms with Crippen LogP contribution in [0.25, 0.3) is 6.08 Å². The second kappa shape index (κ2) is 6.34. The Morgan fingerprint density at radius 2 is 2.23 bits per heavy atom. The molecule has 1 aromatic rings. The number of carbonyl (C=O) groups is 1. The Morgan fingerprint density at radius 1 is 1.55 bits per heavy atom. The van der Waals surface area contributed by atoms with E-state index in [1.54, 1.807) is 0 Å². The third kappa shape index (κ3) is 3.06. The first-order valence-electron chi connectivity index (χ1n) is 6.47. The maximum absolute atomic E-state index is 14.0. The highest BCUT2D eigenvalue weighted by molar-refractivity contribution is 5.91. The average molecular weight is 314 g/mol. The summed E-state index contributed by atoms with van der Waals surface area (Å²) in [6.45, 7) is 0.661. The van der Waals surface area contributed by atoms with E-state index in [1.165, 1.54) is 13.0 Å². The predicted molar refractivity (Wildman–Crippen MR) is 72.9 cm³/mol. The molecule has 120 valence electrons. The minimum Gasteiger partial charge on any atom is -0.394 e. The number of hydrogen-bond donors (Lipinski definition) is 3. The molecule has 2 heterocycles. The van der Waals surface area contributed by atoms with Crippen molar-refractivity contribution in [3.63, 3.8) is 0 Å². The molecule has 8 nitrogen and oxygen atoms in total. The van der Waals surface area contributed by atoms with Crippen molar-refractivity contribution < 1.29 is 24.1 Å². The van der Waals surface area contributed by atoms with Crippen molar-refractivity contribution in [2.45, 2.75) is 31.5 Å². The Morgan fingerprint density at radius 3 is 2.77 bits per heavy atom. The molecule has 0 spiro atoms. The number of rotatable bonds is 4. The number of aliphatic hydroxyl groups is 2. The lowest BCUT2D eigenvalue weighted by Gasteiger charge is -2.16. The normalized spacial score (nSPS) is 28.4. The SMILES string of the molecule is CC(=O)/C=C\c1cn([C@@H]2O[C@H](CO)C(O)[C@@H]2F)c(=O)[nH]c1=O. The Kier molecular flexibility index (Phi) is 4.69. The summed E-state index contributed by atoms with van der Waals surface area (Å²) in [4.78, 5) is 36.3. The average Bonchev–Trinajstić information content (AvgIpc) is 2.74. The molecular formula is C13H15FN2O6. The lowest BCUT2D eigenvalue weighted by atomic mass is 10.1. The summed E-state index contributed by atoms with van der Waals surface area (Å²) >= 11 is 0. The largest absolute Gasteiger partial charge is 0.394 e. The molecule has 1 aliphatic heterocycles. The molecular weight excluding hydrogens is 299 g/mol. The Hall–Kier alpha value is -2.10. The Labute approximate surface area is 123 Å². The fourth-order valence-electron chi connectivity index (χ4n) is 2.09. The first-order chi connectivity index (χ1) is 10.3. The van der Waals surface area contributed by atoms with Gasteiger partial charge in [0, 0.05) is 6.20 Å². The maximum Gasteiger partial charge on any atom is 0.330 e. The third-order valence-electron chi connectivity index (χ3n) is 3.24. The van der Waals surface area contributed by atoms with E-state index >= 15 is 0 Å². The zero-order valence-electron chi connectivity index (χ0n) is 11.6. The quantitative estimate of drug-likeness (QED) is 0.596. The van der Waals surface area contributed by atoms with Crippen molar-refractivity contribution in [2.24, 2.45) is 0 Å². The van der Waals surface area contributed by atoms with Crippen molar-refractivity contribution in [3.05, 3.63) is 38.7 Å². The van der Waals surface area contributed by atoms with Gasteiger partial charge in [-0.15, -0.1) is 0 Å². The lowest BCUT2D eigenvalue weighted by molar-refractivity contribution is -0.112. The van der Waals surface area contributed by atoms with Gasteiger partial charge in [0.2, 0.25) is 0 Å². The number of nitrogens with one attached hydrogen (secondary N) is 1. The molecule has 9 heteroatoms. The Balaban J connectivity index is 2.44. The van der Waals surface area contributed by atoms with Crippen molar-refractivity contribution in [2.75, 3.05) is 6.61 Å². The first-order valence-corrected chi connectivity index (χ1v) is 6.47. The van der Waals surface area contributed by atoms with Gasteiger partial charge in [0.25, 0.3) is 5.56 Å². The number of ether oxygens (including phenoxy) is 1. The van der Waals surface area contributed by atoms with E-state index < -0.39 is 42.5 Å². The van der Waals surface area contributed by atoms with Gasteiger partial charge in [0.1, 0.15) is 12.2 Å². The van der Waals surface area contributed by atoms with E-state index in [4.69, 9.17) is 9.84 Å². The molecule has 22 heavy (non-hydrogen) atoms. The maximum atomic E-state index is 14.0. The van der Waals surface area contributed by atoms with Gasteiger partial charge < -0.3 is 14.9 Å². The number of hydrogen-bond acceptors (Lipinski definition) is 6. The van der Waals surface area contributed by atoms with E-state index in [9.17, 15) is 23.9 Å². The van der Waals surface area contributed by atoms with Gasteiger partial charge in [-0.25, -0.2) is 9.18 Å². The molecule has 0 amide bonds. The number of carbonyl (C=O) groups excluding carboxylic acids is 1. The molecule has 1 saturated heterocycles. The zero-order chi connectivity index (χ0) is 16.4. The van der Waals surface area contributed by atoms with Crippen LogP contribution in [0.5, 0.6) is 0 Å². The predicted octanol–water partition coefficient (Wildman–Crippen LogP) is -1.27. The molecule has 0 saturated carbocycles. The second-order valence-corrected chi connectivity index (χ2v) is 4.88. The summed E-state index contributed by atoms with van der Waals surface area (Å²) in [6, 6.07) is 0. The zero-order valence-corrected chi connectivity index (χ0v) is 11.6. The summed E-state index contributed by atoms with van der Waals surface area (Å²) in [5.41, 5.74) is -1.72. The molecule has 1 unspecified atom stereocenters. The highest BCUT2D eigenvalue weighted by Crippen LogP contribution is 2.30. The minimum absolute atomic E-state index is 0.0486. The molecule has 3 N–H and O–H groups in total. The van der Waals surface area contributed by atoms with Crippen LogP contribution in [0.2, 0.25) is 0 Å². The topological polar surface area (TPSA) is 122 Å². The molecule has 0 radical (unpaired) electrons. The summed E-state index contributed by atoms with van der Waals surface area (Å²) in [5, 5.41) is 18.6. The second-order valence-electron chi connectivity index (χ2n) is 4.88. The van der Waals surface area contributed by atoms with Crippen molar-refractivity contribution in [1.82, 2.24) is 9.55 Å². The van der Waals surface area contributed by atoms with Crippen LogP contribution < -0.4 is 11.2 Å². The van der Waals surface area contributed by atoms with Gasteiger partial charge in [-0.1, -0.05) is 0 Å². The molecule has 1 aliphatic rings. The Bertz CT molecular complexity index is 709. The molecule has 0 aliphatic carbocycles. The number of nitrogens with zero attached hydrogens (tertiary/aromatic N) is 1. The molecule has 0 aromatic carbocycles. The highest BCUT2D eigenvalue weighted by Gasteiger charge is 2.45. The number of aliphatic hydroxyl groups excluding tert-OH is 2. The first kappa shape index (κ1) is 16.3.